The van der Waals surface area contributed by atoms with Crippen LogP contribution in [0.4, 0.5) is 0 Å². The van der Waals surface area contributed by atoms with Gasteiger partial charge in [0.25, 0.3) is 0 Å². The number of ketones is 1. The molecule has 0 aliphatic heterocycles. The molecule has 0 aliphatic rings. The monoisotopic (exact) mass is 306 g/mol. The van der Waals surface area contributed by atoms with Gasteiger partial charge in [0.15, 0.2) is 0 Å². The lowest BCUT2D eigenvalue weighted by Gasteiger charge is -2.09. The summed E-state index contributed by atoms with van der Waals surface area (Å²) in [7, 11) is 0. The van der Waals surface area contributed by atoms with E-state index < -0.39 is 11.9 Å². The molecule has 22 heavy (non-hydrogen) atoms. The van der Waals surface area contributed by atoms with Crippen molar-refractivity contribution in [2.75, 3.05) is 0 Å². The van der Waals surface area contributed by atoms with Gasteiger partial charge in [-0.25, -0.2) is 0 Å². The molecule has 0 heterocycles. The van der Waals surface area contributed by atoms with Crippen LogP contribution in [0.25, 0.3) is 0 Å². The molecule has 0 spiro atoms. The van der Waals surface area contributed by atoms with Gasteiger partial charge < -0.3 is 5.11 Å². The average molecular weight is 306 g/mol. The Morgan fingerprint density at radius 3 is 2.09 bits per heavy atom. The van der Waals surface area contributed by atoms with Gasteiger partial charge in [-0.15, -0.1) is 0 Å². The van der Waals surface area contributed by atoms with Crippen LogP contribution in [-0.4, -0.2) is 16.9 Å². The van der Waals surface area contributed by atoms with E-state index in [1.165, 1.54) is 18.1 Å². The Balaban J connectivity index is 4.06. The van der Waals surface area contributed by atoms with Crippen molar-refractivity contribution in [3.8, 4) is 0 Å². The van der Waals surface area contributed by atoms with Crippen molar-refractivity contribution in [2.24, 2.45) is 5.92 Å². The van der Waals surface area contributed by atoms with Gasteiger partial charge in [-0.3, -0.25) is 9.59 Å². The van der Waals surface area contributed by atoms with Gasteiger partial charge in [0.05, 0.1) is 0 Å². The Morgan fingerprint density at radius 1 is 1.00 bits per heavy atom. The smallest absolute Gasteiger partial charge is 0.314 e. The molecule has 1 atom stereocenters. The molecular formula is C19H30O3. The number of hydrogen-bond donors (Lipinski definition) is 1. The largest absolute Gasteiger partial charge is 0.481 e. The molecule has 0 radical (unpaired) electrons. The van der Waals surface area contributed by atoms with Crippen LogP contribution in [0.3, 0.4) is 0 Å². The summed E-state index contributed by atoms with van der Waals surface area (Å²) < 4.78 is 0. The van der Waals surface area contributed by atoms with Crippen molar-refractivity contribution in [3.05, 3.63) is 35.5 Å². The first kappa shape index (κ1) is 20.4. The van der Waals surface area contributed by atoms with Crippen LogP contribution in [0.1, 0.15) is 66.2 Å². The minimum Gasteiger partial charge on any atom is -0.481 e. The van der Waals surface area contributed by atoms with E-state index in [1.807, 2.05) is 0 Å². The Bertz CT molecular complexity index is 437. The van der Waals surface area contributed by atoms with Crippen LogP contribution in [0.2, 0.25) is 0 Å². The highest BCUT2D eigenvalue weighted by molar-refractivity contribution is 5.96. The summed E-state index contributed by atoms with van der Waals surface area (Å²) >= 11 is 0. The molecule has 124 valence electrons. The van der Waals surface area contributed by atoms with E-state index >= 15 is 0 Å². The Labute approximate surface area is 134 Å². The number of carbonyl (C=O) groups excluding carboxylic acids is 1. The van der Waals surface area contributed by atoms with Crippen LogP contribution < -0.4 is 0 Å². The lowest BCUT2D eigenvalue weighted by molar-refractivity contribution is -0.145. The number of Topliss-reactive ketones (excluding diaryl/α,β-unsaturated/α-hetero) is 1. The fourth-order valence-electron chi connectivity index (χ4n) is 2.19. The maximum Gasteiger partial charge on any atom is 0.314 e. The third-order valence-corrected chi connectivity index (χ3v) is 3.66. The van der Waals surface area contributed by atoms with Crippen molar-refractivity contribution >= 4 is 11.8 Å². The summed E-state index contributed by atoms with van der Waals surface area (Å²) in [5.41, 5.74) is 3.73. The highest BCUT2D eigenvalue weighted by atomic mass is 16.4. The molecule has 3 heteroatoms. The standard InChI is InChI=1S/C19H30O3/c1-14(2)8-6-9-15(3)10-7-11-16(4)12-13-18(17(5)20)19(21)22/h8,10,18H,4,6-7,9,11-13H2,1-3,5H3,(H,21,22)/b15-10+. The van der Waals surface area contributed by atoms with Crippen molar-refractivity contribution < 1.29 is 14.7 Å². The number of carboxylic acid groups (broad SMARTS) is 1. The Morgan fingerprint density at radius 2 is 1.59 bits per heavy atom. The van der Waals surface area contributed by atoms with Crippen molar-refractivity contribution in [1.29, 1.82) is 0 Å². The SMILES string of the molecule is C=C(CC/C=C(\C)CCC=C(C)C)CCC(C(C)=O)C(=O)O. The fourth-order valence-corrected chi connectivity index (χ4v) is 2.19. The molecule has 0 bridgehead atoms. The van der Waals surface area contributed by atoms with Gasteiger partial charge in [0, 0.05) is 0 Å². The predicted octanol–water partition coefficient (Wildman–Crippen LogP) is 5.09. The van der Waals surface area contributed by atoms with Crippen LogP contribution >= 0.6 is 0 Å². The van der Waals surface area contributed by atoms with E-state index in [9.17, 15) is 9.59 Å². The fraction of sp³-hybridized carbons (Fsp3) is 0.579. The van der Waals surface area contributed by atoms with Gasteiger partial charge >= 0.3 is 5.97 Å². The number of hydrogen-bond acceptors (Lipinski definition) is 2. The number of allylic oxidation sites excluding steroid dienone is 5. The molecule has 0 fully saturated rings. The number of carboxylic acids is 1. The van der Waals surface area contributed by atoms with Gasteiger partial charge in [-0.2, -0.15) is 0 Å². The summed E-state index contributed by atoms with van der Waals surface area (Å²) in [4.78, 5) is 22.2. The Kier molecular flexibility index (Phi) is 10.2. The summed E-state index contributed by atoms with van der Waals surface area (Å²) in [5, 5.41) is 8.96. The molecule has 0 amide bonds. The summed E-state index contributed by atoms with van der Waals surface area (Å²) in [5.74, 6) is -2.20. The molecular weight excluding hydrogens is 276 g/mol. The normalized spacial score (nSPS) is 12.6. The van der Waals surface area contributed by atoms with Crippen molar-refractivity contribution in [1.82, 2.24) is 0 Å². The minimum atomic E-state index is -1.03. The van der Waals surface area contributed by atoms with Gasteiger partial charge in [-0.1, -0.05) is 35.5 Å². The second kappa shape index (κ2) is 11.0. The number of rotatable bonds is 11. The molecule has 1 unspecified atom stereocenters. The summed E-state index contributed by atoms with van der Waals surface area (Å²) in [6.45, 7) is 11.7. The maximum atomic E-state index is 11.2. The molecule has 0 aromatic carbocycles. The van der Waals surface area contributed by atoms with Gasteiger partial charge in [-0.05, 0) is 66.2 Å². The van der Waals surface area contributed by atoms with Gasteiger partial charge in [0.2, 0.25) is 0 Å². The van der Waals surface area contributed by atoms with E-state index in [2.05, 4.69) is 39.5 Å². The van der Waals surface area contributed by atoms with E-state index in [0.29, 0.717) is 12.8 Å². The van der Waals surface area contributed by atoms with Crippen molar-refractivity contribution in [3.63, 3.8) is 0 Å². The average Bonchev–Trinajstić information content (AvgIpc) is 2.37. The molecule has 0 rings (SSSR count). The van der Waals surface area contributed by atoms with Crippen molar-refractivity contribution in [2.45, 2.75) is 66.2 Å². The van der Waals surface area contributed by atoms with Gasteiger partial charge in [0.1, 0.15) is 11.7 Å². The molecule has 1 N–H and O–H groups in total. The second-order valence-corrected chi connectivity index (χ2v) is 6.20. The van der Waals surface area contributed by atoms with E-state index in [4.69, 9.17) is 5.11 Å². The zero-order chi connectivity index (χ0) is 17.1. The zero-order valence-corrected chi connectivity index (χ0v) is 14.4. The van der Waals surface area contributed by atoms with E-state index in [1.54, 1.807) is 0 Å². The molecule has 3 nitrogen and oxygen atoms in total. The number of carbonyl (C=O) groups is 2. The predicted molar refractivity (Wildman–Crippen MR) is 91.8 cm³/mol. The quantitative estimate of drug-likeness (QED) is 0.427. The van der Waals surface area contributed by atoms with Crippen LogP contribution in [0.15, 0.2) is 35.5 Å². The highest BCUT2D eigenvalue weighted by Crippen LogP contribution is 2.17. The Hall–Kier alpha value is -1.64. The lowest BCUT2D eigenvalue weighted by atomic mass is 9.95. The molecule has 0 aromatic rings. The van der Waals surface area contributed by atoms with E-state index in [0.717, 1.165) is 31.3 Å². The first-order valence-corrected chi connectivity index (χ1v) is 7.93. The minimum absolute atomic E-state index is 0.282. The molecule has 0 saturated carbocycles. The van der Waals surface area contributed by atoms with E-state index in [-0.39, 0.29) is 5.78 Å². The third-order valence-electron chi connectivity index (χ3n) is 3.66. The molecule has 0 saturated heterocycles. The van der Waals surface area contributed by atoms with Crippen LogP contribution in [0, 0.1) is 5.92 Å². The first-order chi connectivity index (χ1) is 10.2. The van der Waals surface area contributed by atoms with Crippen LogP contribution in [-0.2, 0) is 9.59 Å². The number of aliphatic carboxylic acids is 1. The molecule has 0 aromatic heterocycles. The highest BCUT2D eigenvalue weighted by Gasteiger charge is 2.21. The zero-order valence-electron chi connectivity index (χ0n) is 14.4. The maximum absolute atomic E-state index is 11.2. The second-order valence-electron chi connectivity index (χ2n) is 6.20. The first-order valence-electron chi connectivity index (χ1n) is 7.93. The summed E-state index contributed by atoms with van der Waals surface area (Å²) in [6, 6.07) is 0. The topological polar surface area (TPSA) is 54.4 Å². The molecule has 0 aliphatic carbocycles. The van der Waals surface area contributed by atoms with Crippen LogP contribution in [0.5, 0.6) is 0 Å². The summed E-state index contributed by atoms with van der Waals surface area (Å²) in [6.07, 6.45) is 9.34. The third kappa shape index (κ3) is 10.1. The lowest BCUT2D eigenvalue weighted by Crippen LogP contribution is -2.21.